The van der Waals surface area contributed by atoms with E-state index in [0.29, 0.717) is 32.5 Å². The lowest BCUT2D eigenvalue weighted by atomic mass is 9.68. The number of rotatable bonds is 2. The van der Waals surface area contributed by atoms with E-state index in [9.17, 15) is 19.4 Å². The average Bonchev–Trinajstić information content (AvgIpc) is 2.74. The first-order chi connectivity index (χ1) is 10.6. The normalized spacial score (nSPS) is 20.2. The molecule has 1 saturated carbocycles. The Bertz CT molecular complexity index is 593. The third kappa shape index (κ3) is 2.26. The van der Waals surface area contributed by atoms with Crippen molar-refractivity contribution in [1.29, 1.82) is 0 Å². The summed E-state index contributed by atoms with van der Waals surface area (Å²) in [5.74, 6) is -2.20. The molecular formula is C16H19FO5. The quantitative estimate of drug-likeness (QED) is 0.878. The van der Waals surface area contributed by atoms with Crippen molar-refractivity contribution >= 4 is 5.97 Å². The zero-order valence-electron chi connectivity index (χ0n) is 12.2. The molecule has 120 valence electrons. The highest BCUT2D eigenvalue weighted by atomic mass is 19.1. The molecule has 6 heteroatoms. The van der Waals surface area contributed by atoms with Crippen LogP contribution in [0.25, 0.3) is 0 Å². The number of aromatic hydroxyl groups is 1. The van der Waals surface area contributed by atoms with Gasteiger partial charge in [0.05, 0.1) is 18.8 Å². The van der Waals surface area contributed by atoms with Crippen molar-refractivity contribution in [2.24, 2.45) is 0 Å². The number of carboxylic acids is 1. The molecule has 0 atom stereocenters. The van der Waals surface area contributed by atoms with Gasteiger partial charge in [0.1, 0.15) is 5.41 Å². The highest BCUT2D eigenvalue weighted by Crippen LogP contribution is 2.52. The van der Waals surface area contributed by atoms with Gasteiger partial charge >= 0.3 is 5.97 Å². The van der Waals surface area contributed by atoms with Crippen molar-refractivity contribution < 1.29 is 28.9 Å². The molecule has 0 spiro atoms. The van der Waals surface area contributed by atoms with Gasteiger partial charge in [0.15, 0.2) is 23.1 Å². The fourth-order valence-corrected chi connectivity index (χ4v) is 3.44. The number of fused-ring (bicyclic) bond motifs is 1. The van der Waals surface area contributed by atoms with Crippen LogP contribution >= 0.6 is 0 Å². The summed E-state index contributed by atoms with van der Waals surface area (Å²) in [5.41, 5.74) is -1.28. The van der Waals surface area contributed by atoms with E-state index >= 15 is 0 Å². The fourth-order valence-electron chi connectivity index (χ4n) is 3.44. The molecule has 22 heavy (non-hydrogen) atoms. The van der Waals surface area contributed by atoms with Crippen LogP contribution in [0.2, 0.25) is 0 Å². The van der Waals surface area contributed by atoms with Gasteiger partial charge in [0, 0.05) is 12.5 Å². The standard InChI is InChI=1S/C16H19FO5/c17-10-9-11-14(22-8-4-7-21-11)12(13(10)18)16(15(19)20)5-2-1-3-6-16/h9,18H,1-8H2,(H,19,20). The molecule has 1 aliphatic heterocycles. The predicted octanol–water partition coefficient (Wildman–Crippen LogP) is 2.98. The van der Waals surface area contributed by atoms with Crippen molar-refractivity contribution in [2.75, 3.05) is 13.2 Å². The molecule has 1 fully saturated rings. The highest BCUT2D eigenvalue weighted by molar-refractivity contribution is 5.84. The predicted molar refractivity (Wildman–Crippen MR) is 76.1 cm³/mol. The second-order valence-electron chi connectivity index (χ2n) is 5.91. The molecule has 2 aliphatic rings. The smallest absolute Gasteiger partial charge is 0.314 e. The number of phenolic OH excluding ortho intramolecular Hbond substituents is 1. The van der Waals surface area contributed by atoms with E-state index in [0.717, 1.165) is 25.3 Å². The molecule has 1 aromatic rings. The van der Waals surface area contributed by atoms with Crippen LogP contribution in [0.5, 0.6) is 17.2 Å². The number of carbonyl (C=O) groups is 1. The molecule has 0 unspecified atom stereocenters. The Balaban J connectivity index is 2.23. The molecule has 0 aromatic heterocycles. The molecule has 2 N–H and O–H groups in total. The number of ether oxygens (including phenoxy) is 2. The Kier molecular flexibility index (Phi) is 3.85. The second kappa shape index (κ2) is 5.66. The minimum absolute atomic E-state index is 0.0385. The van der Waals surface area contributed by atoms with Gasteiger partial charge in [-0.2, -0.15) is 0 Å². The molecule has 1 aliphatic carbocycles. The van der Waals surface area contributed by atoms with Gasteiger partial charge in [-0.25, -0.2) is 4.39 Å². The van der Waals surface area contributed by atoms with Crippen LogP contribution in [-0.4, -0.2) is 29.4 Å². The Morgan fingerprint density at radius 2 is 1.82 bits per heavy atom. The maximum atomic E-state index is 14.1. The third-order valence-electron chi connectivity index (χ3n) is 4.56. The summed E-state index contributed by atoms with van der Waals surface area (Å²) in [6, 6.07) is 1.07. The number of phenols is 1. The number of carboxylic acid groups (broad SMARTS) is 1. The van der Waals surface area contributed by atoms with Crippen LogP contribution in [0.1, 0.15) is 44.1 Å². The van der Waals surface area contributed by atoms with Gasteiger partial charge in [-0.15, -0.1) is 0 Å². The number of hydrogen-bond donors (Lipinski definition) is 2. The molecule has 3 rings (SSSR count). The Morgan fingerprint density at radius 1 is 1.14 bits per heavy atom. The van der Waals surface area contributed by atoms with Gasteiger partial charge < -0.3 is 19.7 Å². The summed E-state index contributed by atoms with van der Waals surface area (Å²) in [6.07, 6.45) is 3.71. The highest BCUT2D eigenvalue weighted by Gasteiger charge is 2.47. The summed E-state index contributed by atoms with van der Waals surface area (Å²) in [4.78, 5) is 12.0. The van der Waals surface area contributed by atoms with Gasteiger partial charge in [0.2, 0.25) is 0 Å². The minimum Gasteiger partial charge on any atom is -0.505 e. The van der Waals surface area contributed by atoms with Crippen molar-refractivity contribution in [3.63, 3.8) is 0 Å². The fraction of sp³-hybridized carbons (Fsp3) is 0.562. The van der Waals surface area contributed by atoms with E-state index in [2.05, 4.69) is 0 Å². The summed E-state index contributed by atoms with van der Waals surface area (Å²) in [7, 11) is 0. The summed E-state index contributed by atoms with van der Waals surface area (Å²) >= 11 is 0. The maximum Gasteiger partial charge on any atom is 0.314 e. The van der Waals surface area contributed by atoms with E-state index in [1.54, 1.807) is 0 Å². The molecule has 1 aromatic carbocycles. The Morgan fingerprint density at radius 3 is 2.50 bits per heavy atom. The van der Waals surface area contributed by atoms with Gasteiger partial charge in [-0.05, 0) is 12.8 Å². The summed E-state index contributed by atoms with van der Waals surface area (Å²) in [6.45, 7) is 0.720. The van der Waals surface area contributed by atoms with Gasteiger partial charge in [-0.3, -0.25) is 4.79 Å². The van der Waals surface area contributed by atoms with Crippen molar-refractivity contribution in [2.45, 2.75) is 43.9 Å². The lowest BCUT2D eigenvalue weighted by Gasteiger charge is -2.35. The first kappa shape index (κ1) is 14.9. The van der Waals surface area contributed by atoms with Crippen LogP contribution in [0.3, 0.4) is 0 Å². The Labute approximate surface area is 127 Å². The van der Waals surface area contributed by atoms with Gasteiger partial charge in [0.25, 0.3) is 0 Å². The molecule has 0 amide bonds. The SMILES string of the molecule is O=C(O)C1(c2c(O)c(F)cc3c2OCCCO3)CCCCC1. The first-order valence-electron chi connectivity index (χ1n) is 7.61. The second-order valence-corrected chi connectivity index (χ2v) is 5.91. The monoisotopic (exact) mass is 310 g/mol. The van der Waals surface area contributed by atoms with Crippen LogP contribution in [0.4, 0.5) is 4.39 Å². The lowest BCUT2D eigenvalue weighted by Crippen LogP contribution is -2.38. The molecule has 0 bridgehead atoms. The number of hydrogen-bond acceptors (Lipinski definition) is 4. The van der Waals surface area contributed by atoms with Crippen LogP contribution < -0.4 is 9.47 Å². The van der Waals surface area contributed by atoms with E-state index in [1.165, 1.54) is 0 Å². The third-order valence-corrected chi connectivity index (χ3v) is 4.56. The van der Waals surface area contributed by atoms with E-state index in [-0.39, 0.29) is 17.1 Å². The van der Waals surface area contributed by atoms with Crippen molar-refractivity contribution in [3.8, 4) is 17.2 Å². The minimum atomic E-state index is -1.32. The molecule has 0 saturated heterocycles. The van der Waals surface area contributed by atoms with E-state index in [1.807, 2.05) is 0 Å². The number of halogens is 1. The zero-order chi connectivity index (χ0) is 15.7. The van der Waals surface area contributed by atoms with Crippen LogP contribution in [-0.2, 0) is 10.2 Å². The Hall–Kier alpha value is -1.98. The van der Waals surface area contributed by atoms with Crippen molar-refractivity contribution in [3.05, 3.63) is 17.4 Å². The van der Waals surface area contributed by atoms with Crippen molar-refractivity contribution in [1.82, 2.24) is 0 Å². The number of aliphatic carboxylic acids is 1. The molecule has 0 radical (unpaired) electrons. The molecule has 1 heterocycles. The molecular weight excluding hydrogens is 291 g/mol. The van der Waals surface area contributed by atoms with E-state index < -0.39 is 23.0 Å². The number of benzene rings is 1. The maximum absolute atomic E-state index is 14.1. The zero-order valence-corrected chi connectivity index (χ0v) is 12.2. The van der Waals surface area contributed by atoms with Crippen LogP contribution in [0.15, 0.2) is 6.07 Å². The lowest BCUT2D eigenvalue weighted by molar-refractivity contribution is -0.145. The summed E-state index contributed by atoms with van der Waals surface area (Å²) in [5, 5.41) is 20.0. The largest absolute Gasteiger partial charge is 0.505 e. The van der Waals surface area contributed by atoms with Gasteiger partial charge in [-0.1, -0.05) is 19.3 Å². The topological polar surface area (TPSA) is 76.0 Å². The van der Waals surface area contributed by atoms with E-state index in [4.69, 9.17) is 9.47 Å². The average molecular weight is 310 g/mol. The first-order valence-corrected chi connectivity index (χ1v) is 7.61. The van der Waals surface area contributed by atoms with Crippen LogP contribution in [0, 0.1) is 5.82 Å². The molecule has 5 nitrogen and oxygen atoms in total. The summed E-state index contributed by atoms with van der Waals surface area (Å²) < 4.78 is 25.2.